The van der Waals surface area contributed by atoms with E-state index in [0.717, 1.165) is 6.08 Å². The molecule has 122 valence electrons. The smallest absolute Gasteiger partial charge is 0.292 e. The summed E-state index contributed by atoms with van der Waals surface area (Å²) in [5.41, 5.74) is 0.321. The molecule has 0 saturated carbocycles. The van der Waals surface area contributed by atoms with E-state index in [9.17, 15) is 25.0 Å². The molecule has 0 aliphatic carbocycles. The molecule has 2 rings (SSSR count). The molecule has 1 amide bonds. The van der Waals surface area contributed by atoms with Crippen LogP contribution in [-0.4, -0.2) is 20.7 Å². The number of hydrogen-bond acceptors (Lipinski definition) is 6. The van der Waals surface area contributed by atoms with Crippen molar-refractivity contribution >= 4 is 29.0 Å². The molecule has 0 spiro atoms. The molecule has 2 aromatic rings. The Morgan fingerprint density at radius 2 is 1.75 bits per heavy atom. The second-order valence-corrected chi connectivity index (χ2v) is 4.69. The molecule has 24 heavy (non-hydrogen) atoms. The summed E-state index contributed by atoms with van der Waals surface area (Å²) in [5.74, 6) is -0.581. The molecule has 0 unspecified atom stereocenters. The van der Waals surface area contributed by atoms with E-state index in [1.165, 1.54) is 43.3 Å². The van der Waals surface area contributed by atoms with Crippen LogP contribution in [0.5, 0.6) is 0 Å². The highest BCUT2D eigenvalue weighted by Gasteiger charge is 2.14. The van der Waals surface area contributed by atoms with Crippen molar-refractivity contribution in [3.63, 3.8) is 0 Å². The highest BCUT2D eigenvalue weighted by atomic mass is 16.6. The minimum Gasteiger partial charge on any atom is -0.317 e. The standard InChI is InChI=1S/C15H12N4O5/c1-10-13(18(21)22)8-6-11(16-10)7-9-15(20)17-12-4-2-3-5-14(12)19(23)24/h2-9H,1H3,(H,17,20). The third kappa shape index (κ3) is 3.97. The summed E-state index contributed by atoms with van der Waals surface area (Å²) in [4.78, 5) is 36.3. The molecular formula is C15H12N4O5. The van der Waals surface area contributed by atoms with Crippen LogP contribution in [0.3, 0.4) is 0 Å². The van der Waals surface area contributed by atoms with Gasteiger partial charge in [-0.1, -0.05) is 12.1 Å². The molecule has 1 heterocycles. The third-order valence-electron chi connectivity index (χ3n) is 3.04. The molecule has 0 radical (unpaired) electrons. The number of carbonyl (C=O) groups excluding carboxylic acids is 1. The van der Waals surface area contributed by atoms with Crippen molar-refractivity contribution in [3.05, 3.63) is 74.1 Å². The Balaban J connectivity index is 2.13. The number of pyridine rings is 1. The first-order valence-electron chi connectivity index (χ1n) is 6.73. The monoisotopic (exact) mass is 328 g/mol. The summed E-state index contributed by atoms with van der Waals surface area (Å²) >= 11 is 0. The van der Waals surface area contributed by atoms with Crippen LogP contribution in [-0.2, 0) is 4.79 Å². The number of para-hydroxylation sites is 2. The van der Waals surface area contributed by atoms with Crippen molar-refractivity contribution < 1.29 is 14.6 Å². The highest BCUT2D eigenvalue weighted by molar-refractivity contribution is 6.03. The van der Waals surface area contributed by atoms with E-state index < -0.39 is 15.8 Å². The fraction of sp³-hybridized carbons (Fsp3) is 0.0667. The number of aryl methyl sites for hydroxylation is 1. The van der Waals surface area contributed by atoms with Gasteiger partial charge >= 0.3 is 0 Å². The maximum absolute atomic E-state index is 11.9. The summed E-state index contributed by atoms with van der Waals surface area (Å²) in [6.07, 6.45) is 2.51. The lowest BCUT2D eigenvalue weighted by Gasteiger charge is -2.03. The lowest BCUT2D eigenvalue weighted by atomic mass is 10.2. The Labute approximate surface area is 135 Å². The lowest BCUT2D eigenvalue weighted by molar-refractivity contribution is -0.385. The van der Waals surface area contributed by atoms with E-state index in [2.05, 4.69) is 10.3 Å². The molecule has 9 heteroatoms. The van der Waals surface area contributed by atoms with E-state index >= 15 is 0 Å². The summed E-state index contributed by atoms with van der Waals surface area (Å²) in [7, 11) is 0. The molecule has 9 nitrogen and oxygen atoms in total. The number of aromatic nitrogens is 1. The largest absolute Gasteiger partial charge is 0.317 e. The number of carbonyl (C=O) groups is 1. The quantitative estimate of drug-likeness (QED) is 0.510. The number of nitro benzene ring substituents is 1. The highest BCUT2D eigenvalue weighted by Crippen LogP contribution is 2.23. The number of nitrogens with one attached hydrogen (secondary N) is 1. The number of nitrogens with zero attached hydrogens (tertiary/aromatic N) is 3. The minimum absolute atomic E-state index is 0.0741. The minimum atomic E-state index is -0.597. The average molecular weight is 328 g/mol. The van der Waals surface area contributed by atoms with Crippen LogP contribution in [0.2, 0.25) is 0 Å². The second-order valence-electron chi connectivity index (χ2n) is 4.69. The molecule has 0 bridgehead atoms. The van der Waals surface area contributed by atoms with Gasteiger partial charge in [-0.15, -0.1) is 0 Å². The average Bonchev–Trinajstić information content (AvgIpc) is 2.53. The van der Waals surface area contributed by atoms with Crippen molar-refractivity contribution in [2.45, 2.75) is 6.92 Å². The second kappa shape index (κ2) is 7.09. The number of benzene rings is 1. The van der Waals surface area contributed by atoms with Crippen molar-refractivity contribution in [2.24, 2.45) is 0 Å². The van der Waals surface area contributed by atoms with Gasteiger partial charge in [0, 0.05) is 18.2 Å². The van der Waals surface area contributed by atoms with Crippen LogP contribution in [0.4, 0.5) is 17.1 Å². The lowest BCUT2D eigenvalue weighted by Crippen LogP contribution is -2.09. The van der Waals surface area contributed by atoms with Crippen LogP contribution in [0.25, 0.3) is 6.08 Å². The summed E-state index contributed by atoms with van der Waals surface area (Å²) in [5, 5.41) is 24.0. The fourth-order valence-electron chi connectivity index (χ4n) is 1.93. The molecule has 1 aromatic carbocycles. The number of rotatable bonds is 5. The predicted molar refractivity (Wildman–Crippen MR) is 86.4 cm³/mol. The van der Waals surface area contributed by atoms with Crippen molar-refractivity contribution in [1.82, 2.24) is 4.98 Å². The molecule has 0 aliphatic rings. The zero-order valence-electron chi connectivity index (χ0n) is 12.5. The van der Waals surface area contributed by atoms with Gasteiger partial charge in [-0.25, -0.2) is 4.98 Å². The number of nitro groups is 2. The molecule has 0 saturated heterocycles. The van der Waals surface area contributed by atoms with Crippen LogP contribution in [0.1, 0.15) is 11.4 Å². The van der Waals surface area contributed by atoms with Gasteiger partial charge in [0.25, 0.3) is 11.4 Å². The maximum atomic E-state index is 11.9. The van der Waals surface area contributed by atoms with Gasteiger partial charge in [-0.2, -0.15) is 0 Å². The van der Waals surface area contributed by atoms with Crippen molar-refractivity contribution in [2.75, 3.05) is 5.32 Å². The topological polar surface area (TPSA) is 128 Å². The third-order valence-corrected chi connectivity index (χ3v) is 3.04. The van der Waals surface area contributed by atoms with E-state index in [4.69, 9.17) is 0 Å². The van der Waals surface area contributed by atoms with Gasteiger partial charge < -0.3 is 5.32 Å². The van der Waals surface area contributed by atoms with Gasteiger partial charge in [0.15, 0.2) is 0 Å². The van der Waals surface area contributed by atoms with E-state index in [-0.39, 0.29) is 22.8 Å². The van der Waals surface area contributed by atoms with Crippen LogP contribution in [0.15, 0.2) is 42.5 Å². The van der Waals surface area contributed by atoms with Gasteiger partial charge in [0.2, 0.25) is 5.91 Å². The molecule has 0 atom stereocenters. The van der Waals surface area contributed by atoms with Gasteiger partial charge in [-0.3, -0.25) is 25.0 Å². The first-order chi connectivity index (χ1) is 11.4. The molecule has 1 aromatic heterocycles. The fourth-order valence-corrected chi connectivity index (χ4v) is 1.93. The predicted octanol–water partition coefficient (Wildman–Crippen LogP) is 2.86. The molecule has 0 fully saturated rings. The summed E-state index contributed by atoms with van der Waals surface area (Å²) < 4.78 is 0. The van der Waals surface area contributed by atoms with Crippen LogP contribution >= 0.6 is 0 Å². The van der Waals surface area contributed by atoms with Crippen LogP contribution in [0, 0.1) is 27.2 Å². The zero-order valence-corrected chi connectivity index (χ0v) is 12.5. The number of anilines is 1. The molecule has 0 aliphatic heterocycles. The van der Waals surface area contributed by atoms with Crippen LogP contribution < -0.4 is 5.32 Å². The summed E-state index contributed by atoms with van der Waals surface area (Å²) in [6.45, 7) is 1.49. The zero-order chi connectivity index (χ0) is 17.7. The normalized spacial score (nSPS) is 10.5. The number of hydrogen-bond donors (Lipinski definition) is 1. The van der Waals surface area contributed by atoms with Crippen molar-refractivity contribution in [1.29, 1.82) is 0 Å². The number of amides is 1. The van der Waals surface area contributed by atoms with Crippen molar-refractivity contribution in [3.8, 4) is 0 Å². The van der Waals surface area contributed by atoms with E-state index in [0.29, 0.717) is 5.69 Å². The Morgan fingerprint density at radius 1 is 1.08 bits per heavy atom. The first kappa shape index (κ1) is 16.7. The SMILES string of the molecule is Cc1nc(C=CC(=O)Nc2ccccc2[N+](=O)[O-])ccc1[N+](=O)[O-]. The maximum Gasteiger partial charge on any atom is 0.292 e. The Morgan fingerprint density at radius 3 is 2.38 bits per heavy atom. The Hall–Kier alpha value is -3.62. The molecule has 1 N–H and O–H groups in total. The Kier molecular flexibility index (Phi) is 4.95. The van der Waals surface area contributed by atoms with Gasteiger partial charge in [0.1, 0.15) is 11.4 Å². The van der Waals surface area contributed by atoms with Gasteiger partial charge in [-0.05, 0) is 25.1 Å². The van der Waals surface area contributed by atoms with E-state index in [1.54, 1.807) is 6.07 Å². The van der Waals surface area contributed by atoms with Gasteiger partial charge in [0.05, 0.1) is 15.5 Å². The molecular weight excluding hydrogens is 316 g/mol. The summed E-state index contributed by atoms with van der Waals surface area (Å²) in [6, 6.07) is 8.45. The first-order valence-corrected chi connectivity index (χ1v) is 6.73. The Bertz CT molecular complexity index is 848. The van der Waals surface area contributed by atoms with E-state index in [1.807, 2.05) is 0 Å².